The van der Waals surface area contributed by atoms with E-state index >= 15 is 0 Å². The van der Waals surface area contributed by atoms with Crippen molar-refractivity contribution in [2.24, 2.45) is 5.73 Å². The summed E-state index contributed by atoms with van der Waals surface area (Å²) in [6.45, 7) is 14.0. The molecular formula is C23H34N2. The molecule has 0 radical (unpaired) electrons. The van der Waals surface area contributed by atoms with Crippen LogP contribution in [0.4, 0.5) is 0 Å². The van der Waals surface area contributed by atoms with Crippen molar-refractivity contribution in [3.63, 3.8) is 0 Å². The number of hydrogen-bond donors (Lipinski definition) is 2. The molecule has 25 heavy (non-hydrogen) atoms. The number of nitrogens with two attached hydrogens (primary N) is 1. The van der Waals surface area contributed by atoms with Crippen LogP contribution in [0.25, 0.3) is 0 Å². The molecule has 0 aromatic heterocycles. The molecule has 136 valence electrons. The van der Waals surface area contributed by atoms with Crippen LogP contribution in [0, 0.1) is 41.5 Å². The van der Waals surface area contributed by atoms with Crippen molar-refractivity contribution in [3.8, 4) is 0 Å². The summed E-state index contributed by atoms with van der Waals surface area (Å²) in [5.41, 5.74) is 15.8. The Morgan fingerprint density at radius 2 is 1.48 bits per heavy atom. The monoisotopic (exact) mass is 338 g/mol. The molecule has 0 spiro atoms. The summed E-state index contributed by atoms with van der Waals surface area (Å²) in [6, 6.07) is 11.7. The van der Waals surface area contributed by atoms with Gasteiger partial charge in [-0.05, 0) is 94.3 Å². The van der Waals surface area contributed by atoms with Gasteiger partial charge in [-0.2, -0.15) is 0 Å². The van der Waals surface area contributed by atoms with Crippen LogP contribution in [-0.2, 0) is 0 Å². The summed E-state index contributed by atoms with van der Waals surface area (Å²) in [4.78, 5) is 0. The largest absolute Gasteiger partial charge is 0.326 e. The molecule has 3 N–H and O–H groups in total. The molecule has 0 bridgehead atoms. The lowest BCUT2D eigenvalue weighted by atomic mass is 9.91. The number of rotatable bonds is 1. The molecule has 0 aliphatic carbocycles. The van der Waals surface area contributed by atoms with Gasteiger partial charge in [0.25, 0.3) is 0 Å². The van der Waals surface area contributed by atoms with Gasteiger partial charge in [-0.3, -0.25) is 0 Å². The minimum absolute atomic E-state index is 0.265. The van der Waals surface area contributed by atoms with Crippen molar-refractivity contribution in [3.05, 3.63) is 69.3 Å². The first-order chi connectivity index (χ1) is 11.8. The summed E-state index contributed by atoms with van der Waals surface area (Å²) in [7, 11) is 0. The zero-order chi connectivity index (χ0) is 18.6. The van der Waals surface area contributed by atoms with Gasteiger partial charge in [0.05, 0.1) is 0 Å². The smallest absolute Gasteiger partial charge is 0.0473 e. The van der Waals surface area contributed by atoms with Crippen LogP contribution in [0.2, 0.25) is 0 Å². The molecule has 0 saturated carbocycles. The molecule has 1 aliphatic rings. The number of aryl methyl sites for hydroxylation is 5. The average Bonchev–Trinajstić information content (AvgIpc) is 2.56. The lowest BCUT2D eigenvalue weighted by molar-refractivity contribution is 0.358. The molecule has 2 nitrogen and oxygen atoms in total. The molecule has 2 heteroatoms. The standard InChI is InChI=1S/C13H20N2.C10H14/c1-9-5-6-11(8-10(9)2)13-12(14)4-3-7-15-13;1-7-5-8(2)10(4)9(3)6-7/h5-6,8,12-13,15H,3-4,7,14H2,1-2H3;5-6H,1-4H3. The van der Waals surface area contributed by atoms with Gasteiger partial charge < -0.3 is 11.1 Å². The van der Waals surface area contributed by atoms with Gasteiger partial charge in [-0.1, -0.05) is 35.9 Å². The second-order valence-corrected chi connectivity index (χ2v) is 7.61. The van der Waals surface area contributed by atoms with Crippen LogP contribution in [0.5, 0.6) is 0 Å². The topological polar surface area (TPSA) is 38.0 Å². The molecule has 1 aliphatic heterocycles. The number of piperidine rings is 1. The summed E-state index contributed by atoms with van der Waals surface area (Å²) in [5, 5.41) is 3.51. The van der Waals surface area contributed by atoms with Crippen molar-refractivity contribution in [1.29, 1.82) is 0 Å². The third-order valence-electron chi connectivity index (χ3n) is 5.47. The maximum absolute atomic E-state index is 6.14. The Morgan fingerprint density at radius 3 is 2.04 bits per heavy atom. The molecule has 1 saturated heterocycles. The lowest BCUT2D eigenvalue weighted by Crippen LogP contribution is -2.42. The molecular weight excluding hydrogens is 304 g/mol. The Labute approximate surface area is 153 Å². The van der Waals surface area contributed by atoms with E-state index in [1.54, 1.807) is 0 Å². The predicted molar refractivity (Wildman–Crippen MR) is 109 cm³/mol. The fraction of sp³-hybridized carbons (Fsp3) is 0.478. The number of hydrogen-bond acceptors (Lipinski definition) is 2. The van der Waals surface area contributed by atoms with E-state index in [0.717, 1.165) is 13.0 Å². The Morgan fingerprint density at radius 1 is 0.840 bits per heavy atom. The molecule has 3 rings (SSSR count). The van der Waals surface area contributed by atoms with Crippen molar-refractivity contribution in [2.75, 3.05) is 6.54 Å². The maximum Gasteiger partial charge on any atom is 0.0473 e. The summed E-state index contributed by atoms with van der Waals surface area (Å²) in [6.07, 6.45) is 2.33. The molecule has 2 aromatic rings. The minimum atomic E-state index is 0.265. The third-order valence-corrected chi connectivity index (χ3v) is 5.47. The van der Waals surface area contributed by atoms with Crippen molar-refractivity contribution in [2.45, 2.75) is 66.5 Å². The second-order valence-electron chi connectivity index (χ2n) is 7.61. The maximum atomic E-state index is 6.14. The zero-order valence-electron chi connectivity index (χ0n) is 16.7. The highest BCUT2D eigenvalue weighted by atomic mass is 15.0. The van der Waals surface area contributed by atoms with Gasteiger partial charge in [-0.25, -0.2) is 0 Å². The van der Waals surface area contributed by atoms with Crippen LogP contribution >= 0.6 is 0 Å². The average molecular weight is 339 g/mol. The fourth-order valence-electron chi connectivity index (χ4n) is 3.49. The summed E-state index contributed by atoms with van der Waals surface area (Å²) in [5.74, 6) is 0. The highest BCUT2D eigenvalue weighted by molar-refractivity contribution is 5.36. The van der Waals surface area contributed by atoms with Crippen LogP contribution in [0.1, 0.15) is 57.8 Å². The van der Waals surface area contributed by atoms with Crippen molar-refractivity contribution >= 4 is 0 Å². The Balaban J connectivity index is 0.000000196. The second kappa shape index (κ2) is 8.64. The SMILES string of the molecule is Cc1cc(C)c(C)c(C)c1.Cc1ccc(C2NCCCC2N)cc1C. The lowest BCUT2D eigenvalue weighted by Gasteiger charge is -2.30. The van der Waals surface area contributed by atoms with Gasteiger partial charge in [0.15, 0.2) is 0 Å². The minimum Gasteiger partial charge on any atom is -0.326 e. The Bertz CT molecular complexity index is 695. The van der Waals surface area contributed by atoms with Crippen LogP contribution in [-0.4, -0.2) is 12.6 Å². The van der Waals surface area contributed by atoms with Crippen molar-refractivity contribution in [1.82, 2.24) is 5.32 Å². The summed E-state index contributed by atoms with van der Waals surface area (Å²) < 4.78 is 0. The van der Waals surface area contributed by atoms with E-state index in [1.807, 2.05) is 0 Å². The highest BCUT2D eigenvalue weighted by Crippen LogP contribution is 2.23. The first-order valence-corrected chi connectivity index (χ1v) is 9.40. The molecule has 2 atom stereocenters. The van der Waals surface area contributed by atoms with Gasteiger partial charge in [0, 0.05) is 12.1 Å². The molecule has 2 unspecified atom stereocenters. The van der Waals surface area contributed by atoms with Gasteiger partial charge in [-0.15, -0.1) is 0 Å². The number of benzene rings is 2. The third kappa shape index (κ3) is 5.17. The zero-order valence-corrected chi connectivity index (χ0v) is 16.7. The molecule has 1 heterocycles. The van der Waals surface area contributed by atoms with Crippen molar-refractivity contribution < 1.29 is 0 Å². The fourth-order valence-corrected chi connectivity index (χ4v) is 3.49. The van der Waals surface area contributed by atoms with E-state index in [4.69, 9.17) is 5.73 Å². The predicted octanol–water partition coefficient (Wildman–Crippen LogP) is 4.98. The van der Waals surface area contributed by atoms with Gasteiger partial charge in [0.2, 0.25) is 0 Å². The molecule has 2 aromatic carbocycles. The van der Waals surface area contributed by atoms with E-state index < -0.39 is 0 Å². The van der Waals surface area contributed by atoms with E-state index in [9.17, 15) is 0 Å². The molecule has 0 amide bonds. The quantitative estimate of drug-likeness (QED) is 0.770. The van der Waals surface area contributed by atoms with Crippen LogP contribution in [0.15, 0.2) is 30.3 Å². The Kier molecular flexibility index (Phi) is 6.80. The van der Waals surface area contributed by atoms with E-state index in [1.165, 1.54) is 45.4 Å². The van der Waals surface area contributed by atoms with Crippen LogP contribution < -0.4 is 11.1 Å². The van der Waals surface area contributed by atoms with E-state index in [0.29, 0.717) is 6.04 Å². The highest BCUT2D eigenvalue weighted by Gasteiger charge is 2.22. The van der Waals surface area contributed by atoms with Gasteiger partial charge in [0.1, 0.15) is 0 Å². The normalized spacial score (nSPS) is 20.0. The van der Waals surface area contributed by atoms with E-state index in [2.05, 4.69) is 77.2 Å². The Hall–Kier alpha value is -1.64. The number of nitrogens with one attached hydrogen (secondary N) is 1. The first kappa shape index (κ1) is 19.7. The molecule has 1 fully saturated rings. The van der Waals surface area contributed by atoms with Gasteiger partial charge >= 0.3 is 0 Å². The van der Waals surface area contributed by atoms with E-state index in [-0.39, 0.29) is 6.04 Å². The van der Waals surface area contributed by atoms with Crippen LogP contribution in [0.3, 0.4) is 0 Å². The first-order valence-electron chi connectivity index (χ1n) is 9.40. The summed E-state index contributed by atoms with van der Waals surface area (Å²) >= 11 is 0.